The molecule has 0 aliphatic rings. The molecular weight excluding hydrogens is 1790 g/mol. The highest BCUT2D eigenvalue weighted by Crippen LogP contribution is 2.22. The van der Waals surface area contributed by atoms with Crippen molar-refractivity contribution in [3.8, 4) is 0 Å². The SMILES string of the molecule is [N-]=[N+]=NCCCOC(=O)c1nnn(CCCOC(=O)c2nnn(Cc3ccc(Cn4nnc(C(=O)OCCCn5nnc(C(=O)OCCCN=[N+]=[N-])c5C(=O)OCCCN=[N+]=[N-])c4C(=O)OCCCn4nnc(C(=O)OCCCN=[N+]=[N-])c4C(=O)OCCCN=[N+]=[N-])cc3)c2C(=O)OCCCn2nnc(C(=O)OCCCN=[N+]=[N-])c2C(=O)OCCCN=[N+]=[N-])c1C(=O)OCCCN=[N+]=[N-]. The maximum absolute atomic E-state index is 14.5. The molecule has 0 saturated heterocycles. The summed E-state index contributed by atoms with van der Waals surface area (Å²) in [5, 5.41) is 74.0. The average molecular weight is 1870 g/mol. The van der Waals surface area contributed by atoms with Crippen LogP contribution in [-0.2, 0) is 96.1 Å². The zero-order chi connectivity index (χ0) is 96.5. The first-order valence-electron chi connectivity index (χ1n) is 40.1. The Hall–Kier alpha value is -17.8. The van der Waals surface area contributed by atoms with E-state index in [2.05, 4.69) is 142 Å². The number of hydrogen-bond donors (Lipinski definition) is 0. The van der Waals surface area contributed by atoms with Crippen molar-refractivity contribution in [3.63, 3.8) is 0 Å². The molecule has 6 aromatic heterocycles. The van der Waals surface area contributed by atoms with Gasteiger partial charge in [-0.15, -0.1) is 30.6 Å². The quantitative estimate of drug-likeness (QED) is 0.00909. The molecule has 0 radical (unpaired) electrons. The zero-order valence-electron chi connectivity index (χ0n) is 70.8. The zero-order valence-corrected chi connectivity index (χ0v) is 70.8. The van der Waals surface area contributed by atoms with Gasteiger partial charge in [0.2, 0.25) is 34.2 Å². The van der Waals surface area contributed by atoms with E-state index in [4.69, 9.17) is 101 Å². The van der Waals surface area contributed by atoms with Crippen molar-refractivity contribution in [1.29, 1.82) is 0 Å². The van der Waals surface area contributed by atoms with Gasteiger partial charge < -0.3 is 56.8 Å². The summed E-state index contributed by atoms with van der Waals surface area (Å²) in [6, 6.07) is 5.99. The normalized spacial score (nSPS) is 10.4. The number of hydrogen-bond acceptors (Lipinski definition) is 44. The fourth-order valence-corrected chi connectivity index (χ4v) is 11.0. The number of rotatable bonds is 64. The molecule has 0 saturated carbocycles. The van der Waals surface area contributed by atoms with Crippen LogP contribution in [-0.4, -0.2) is 293 Å². The minimum absolute atomic E-state index is 0.0329. The minimum Gasteiger partial charge on any atom is -0.461 e. The molecule has 6 heterocycles. The molecule has 0 unspecified atom stereocenters. The Bertz CT molecular complexity index is 5330. The van der Waals surface area contributed by atoms with E-state index in [-0.39, 0.29) is 222 Å². The Kier molecular flexibility index (Phi) is 45.1. The summed E-state index contributed by atoms with van der Waals surface area (Å²) in [5.74, 6) is -13.8. The summed E-state index contributed by atoms with van der Waals surface area (Å²) >= 11 is 0. The summed E-state index contributed by atoms with van der Waals surface area (Å²) in [5.41, 5.74) is 63.1. The standard InChI is InChI=1S/C68H80N42O24/c69-91-77-17-1-29-123-57(111)45-51(63(117)129-33-5-21-81-95-73)105(99-85-45)25-9-37-127-61(115)49-55(67(121)133-39-11-27-107-53(65(119)131-35-7-23-83-97-75)47(87-101-107)59(113)125-31-3-19-79-93-71)109(103-89-49)41-43-13-15-44(16-14-43)42-110-56(68(122)134-40-12-28-108-54(66(120)132-36-8-24-84-98-76)48(88-102-108)60(114)126-32-4-20-80-94-72)50(90-104-110)62(116)128-38-10-26-106-52(64(118)130-34-6-22-82-96-74)46(86-100-106)58(112)124-30-2-18-78-92-70/h13-16H,1-12,17-42H2. The molecular formula is C68H80N42O24. The van der Waals surface area contributed by atoms with Gasteiger partial charge in [0.1, 0.15) is 0 Å². The van der Waals surface area contributed by atoms with Crippen LogP contribution in [0.25, 0.3) is 83.5 Å². The molecule has 0 atom stereocenters. The molecule has 0 bridgehead atoms. The molecule has 1 aromatic carbocycles. The summed E-state index contributed by atoms with van der Waals surface area (Å²) in [6.07, 6.45) is -0.0315. The van der Waals surface area contributed by atoms with Crippen LogP contribution < -0.4 is 0 Å². The number of carbonyl (C=O) groups is 12. The van der Waals surface area contributed by atoms with Crippen LogP contribution in [0.5, 0.6) is 0 Å². The van der Waals surface area contributed by atoms with Crippen molar-refractivity contribution in [1.82, 2.24) is 90.0 Å². The van der Waals surface area contributed by atoms with Gasteiger partial charge in [0.25, 0.3) is 0 Å². The van der Waals surface area contributed by atoms with Gasteiger partial charge in [0, 0.05) is 144 Å². The van der Waals surface area contributed by atoms with E-state index in [1.807, 2.05) is 0 Å². The Morgan fingerprint density at radius 2 is 0.358 bits per heavy atom. The number of carbonyl (C=O) groups excluding carboxylic acids is 12. The molecule has 66 nitrogen and oxygen atoms in total. The Balaban J connectivity index is 1.16. The number of aromatic nitrogens is 18. The molecule has 66 heteroatoms. The van der Waals surface area contributed by atoms with E-state index >= 15 is 0 Å². The predicted octanol–water partition coefficient (Wildman–Crippen LogP) is 7.18. The van der Waals surface area contributed by atoms with Gasteiger partial charge in [-0.2, -0.15) is 0 Å². The second-order valence-electron chi connectivity index (χ2n) is 26.3. The average Bonchev–Trinajstić information content (AvgIpc) is 1.67. The lowest BCUT2D eigenvalue weighted by molar-refractivity contribution is 0.0425. The highest BCUT2D eigenvalue weighted by atomic mass is 16.6. The smallest absolute Gasteiger partial charge is 0.361 e. The van der Waals surface area contributed by atoms with Gasteiger partial charge in [0.05, 0.1) is 92.4 Å². The molecule has 7 rings (SSSR count). The molecule has 0 spiro atoms. The van der Waals surface area contributed by atoms with Crippen LogP contribution in [0.1, 0.15) is 214 Å². The summed E-state index contributed by atoms with van der Waals surface area (Å²) in [4.78, 5) is 185. The third kappa shape index (κ3) is 33.1. The lowest BCUT2D eigenvalue weighted by Crippen LogP contribution is -2.21. The van der Waals surface area contributed by atoms with Crippen LogP contribution in [0.4, 0.5) is 0 Å². The maximum atomic E-state index is 14.5. The number of esters is 12. The van der Waals surface area contributed by atoms with E-state index in [9.17, 15) is 57.5 Å². The fourth-order valence-electron chi connectivity index (χ4n) is 11.0. The molecule has 0 N–H and O–H groups in total. The molecule has 0 fully saturated rings. The molecule has 0 amide bonds. The van der Waals surface area contributed by atoms with Gasteiger partial charge in [0.15, 0.2) is 34.2 Å². The van der Waals surface area contributed by atoms with E-state index in [0.717, 1.165) is 28.1 Å². The van der Waals surface area contributed by atoms with Crippen molar-refractivity contribution in [2.45, 2.75) is 116 Å². The van der Waals surface area contributed by atoms with Gasteiger partial charge in [-0.25, -0.2) is 85.6 Å². The van der Waals surface area contributed by atoms with Crippen LogP contribution in [0, 0.1) is 0 Å². The van der Waals surface area contributed by atoms with Crippen molar-refractivity contribution < 1.29 is 114 Å². The first kappa shape index (κ1) is 103. The number of azide groups is 8. The molecule has 7 aromatic rings. The first-order chi connectivity index (χ1) is 65.3. The second kappa shape index (κ2) is 58.5. The van der Waals surface area contributed by atoms with Crippen LogP contribution in [0.3, 0.4) is 0 Å². The maximum Gasteiger partial charge on any atom is 0.361 e. The Morgan fingerprint density at radius 1 is 0.216 bits per heavy atom. The lowest BCUT2D eigenvalue weighted by atomic mass is 10.1. The fraction of sp³-hybridized carbons (Fsp3) is 0.559. The number of nitrogens with zero attached hydrogens (tertiary/aromatic N) is 42. The van der Waals surface area contributed by atoms with Crippen molar-refractivity contribution in [2.75, 3.05) is 132 Å². The van der Waals surface area contributed by atoms with Crippen molar-refractivity contribution >= 4 is 71.6 Å². The van der Waals surface area contributed by atoms with E-state index < -0.39 is 166 Å². The summed E-state index contributed by atoms with van der Waals surface area (Å²) < 4.78 is 70.3. The van der Waals surface area contributed by atoms with E-state index in [1.165, 1.54) is 24.3 Å². The summed E-state index contributed by atoms with van der Waals surface area (Å²) in [6.45, 7) is -6.55. The topological polar surface area (TPSA) is 890 Å². The highest BCUT2D eigenvalue weighted by molar-refractivity contribution is 6.04. The van der Waals surface area contributed by atoms with Gasteiger partial charge in [-0.3, -0.25) is 0 Å². The van der Waals surface area contributed by atoms with Crippen LogP contribution in [0.2, 0.25) is 0 Å². The second-order valence-corrected chi connectivity index (χ2v) is 26.3. The minimum atomic E-state index is -1.26. The largest absolute Gasteiger partial charge is 0.461 e. The Morgan fingerprint density at radius 3 is 0.522 bits per heavy atom. The summed E-state index contributed by atoms with van der Waals surface area (Å²) in [7, 11) is 0. The van der Waals surface area contributed by atoms with E-state index in [1.54, 1.807) is 0 Å². The number of aryl methyl sites for hydroxylation is 4. The number of ether oxygens (including phenoxy) is 12. The number of benzene rings is 1. The molecule has 0 aliphatic carbocycles. The third-order valence-corrected chi connectivity index (χ3v) is 17.0. The monoisotopic (exact) mass is 1870 g/mol. The molecule has 0 aliphatic heterocycles. The molecule has 134 heavy (non-hydrogen) atoms. The Labute approximate surface area is 749 Å². The van der Waals surface area contributed by atoms with Crippen molar-refractivity contribution in [3.05, 3.63) is 187 Å². The van der Waals surface area contributed by atoms with E-state index in [0.29, 0.717) is 11.1 Å². The van der Waals surface area contributed by atoms with Crippen LogP contribution in [0.15, 0.2) is 65.2 Å². The third-order valence-electron chi connectivity index (χ3n) is 17.0. The van der Waals surface area contributed by atoms with Gasteiger partial charge in [-0.05, 0) is 107 Å². The predicted molar refractivity (Wildman–Crippen MR) is 436 cm³/mol. The highest BCUT2D eigenvalue weighted by Gasteiger charge is 2.36. The van der Waals surface area contributed by atoms with Gasteiger partial charge >= 0.3 is 71.6 Å². The molecule has 706 valence electrons. The van der Waals surface area contributed by atoms with Crippen LogP contribution >= 0.6 is 0 Å². The first-order valence-corrected chi connectivity index (χ1v) is 40.1. The lowest BCUT2D eigenvalue weighted by Gasteiger charge is -2.11. The van der Waals surface area contributed by atoms with Crippen molar-refractivity contribution in [2.24, 2.45) is 40.9 Å². The van der Waals surface area contributed by atoms with Gasteiger partial charge in [-0.1, -0.05) is 96.5 Å².